The maximum atomic E-state index is 12.1. The van der Waals surface area contributed by atoms with E-state index in [1.165, 1.54) is 38.4 Å². The monoisotopic (exact) mass is 299 g/mol. The normalized spacial score (nSPS) is 15.6. The zero-order chi connectivity index (χ0) is 15.4. The Hall–Kier alpha value is -2.30. The van der Waals surface area contributed by atoms with Gasteiger partial charge < -0.3 is 15.5 Å². The quantitative estimate of drug-likeness (QED) is 0.849. The molecular weight excluding hydrogens is 278 g/mol. The van der Waals surface area contributed by atoms with Crippen LogP contribution >= 0.6 is 0 Å². The van der Waals surface area contributed by atoms with E-state index in [1.807, 2.05) is 12.1 Å². The van der Waals surface area contributed by atoms with E-state index in [2.05, 4.69) is 10.3 Å². The summed E-state index contributed by atoms with van der Waals surface area (Å²) < 4.78 is 5.39. The van der Waals surface area contributed by atoms with E-state index in [1.54, 1.807) is 12.1 Å². The molecule has 0 spiro atoms. The van der Waals surface area contributed by atoms with Crippen molar-refractivity contribution in [3.05, 3.63) is 36.2 Å². The van der Waals surface area contributed by atoms with Crippen molar-refractivity contribution in [1.29, 1.82) is 0 Å². The molecule has 0 bridgehead atoms. The molecule has 1 aromatic carbocycles. The molecule has 1 aromatic heterocycles. The summed E-state index contributed by atoms with van der Waals surface area (Å²) in [6, 6.07) is 7.21. The van der Waals surface area contributed by atoms with Crippen LogP contribution in [0.2, 0.25) is 0 Å². The number of hydrogen-bond donors (Lipinski definition) is 2. The first-order valence-corrected chi connectivity index (χ1v) is 7.82. The standard InChI is InChI=1S/C17H21N3O2/c18-14-8-6-13(7-9-14)17-20-15(11-22-17)16(21)19-10-12-4-2-1-3-5-12/h6-9,11-12H,1-5,10,18H2,(H,19,21). The van der Waals surface area contributed by atoms with Crippen LogP contribution < -0.4 is 11.1 Å². The predicted octanol–water partition coefficient (Wildman–Crippen LogP) is 3.23. The lowest BCUT2D eigenvalue weighted by atomic mass is 9.89. The highest BCUT2D eigenvalue weighted by molar-refractivity contribution is 5.92. The van der Waals surface area contributed by atoms with Crippen molar-refractivity contribution in [1.82, 2.24) is 10.3 Å². The Morgan fingerprint density at radius 2 is 1.95 bits per heavy atom. The molecular formula is C17H21N3O2. The molecule has 0 unspecified atom stereocenters. The highest BCUT2D eigenvalue weighted by atomic mass is 16.3. The first kappa shape index (κ1) is 14.6. The average molecular weight is 299 g/mol. The molecule has 1 saturated carbocycles. The minimum absolute atomic E-state index is 0.170. The molecule has 1 aliphatic rings. The summed E-state index contributed by atoms with van der Waals surface area (Å²) >= 11 is 0. The fraction of sp³-hybridized carbons (Fsp3) is 0.412. The summed E-state index contributed by atoms with van der Waals surface area (Å²) in [5.41, 5.74) is 7.46. The lowest BCUT2D eigenvalue weighted by Gasteiger charge is -2.21. The second kappa shape index (κ2) is 6.64. The van der Waals surface area contributed by atoms with E-state index in [0.717, 1.165) is 12.1 Å². The summed E-state index contributed by atoms with van der Waals surface area (Å²) in [7, 11) is 0. The zero-order valence-corrected chi connectivity index (χ0v) is 12.5. The molecule has 2 aromatic rings. The number of nitrogens with two attached hydrogens (primary N) is 1. The molecule has 5 heteroatoms. The first-order valence-electron chi connectivity index (χ1n) is 7.82. The number of carbonyl (C=O) groups excluding carboxylic acids is 1. The Morgan fingerprint density at radius 1 is 1.23 bits per heavy atom. The summed E-state index contributed by atoms with van der Waals surface area (Å²) in [5.74, 6) is 0.861. The number of nitrogens with zero attached hydrogens (tertiary/aromatic N) is 1. The van der Waals surface area contributed by atoms with Crippen LogP contribution in [0.15, 0.2) is 34.9 Å². The third kappa shape index (κ3) is 3.47. The second-order valence-electron chi connectivity index (χ2n) is 5.87. The van der Waals surface area contributed by atoms with Crippen LogP contribution in [-0.4, -0.2) is 17.4 Å². The third-order valence-electron chi connectivity index (χ3n) is 4.17. The number of amides is 1. The second-order valence-corrected chi connectivity index (χ2v) is 5.87. The van der Waals surface area contributed by atoms with Crippen LogP contribution in [0.4, 0.5) is 5.69 Å². The fourth-order valence-corrected chi connectivity index (χ4v) is 2.86. The van der Waals surface area contributed by atoms with Crippen LogP contribution in [0.1, 0.15) is 42.6 Å². The summed E-state index contributed by atoms with van der Waals surface area (Å²) in [6.45, 7) is 0.725. The number of rotatable bonds is 4. The van der Waals surface area contributed by atoms with Crippen molar-refractivity contribution in [3.8, 4) is 11.5 Å². The van der Waals surface area contributed by atoms with Crippen LogP contribution in [0.5, 0.6) is 0 Å². The predicted molar refractivity (Wildman–Crippen MR) is 85.3 cm³/mol. The van der Waals surface area contributed by atoms with Gasteiger partial charge in [0.1, 0.15) is 6.26 Å². The van der Waals surface area contributed by atoms with E-state index in [9.17, 15) is 4.79 Å². The molecule has 5 nitrogen and oxygen atoms in total. The lowest BCUT2D eigenvalue weighted by molar-refractivity contribution is 0.0938. The largest absolute Gasteiger partial charge is 0.444 e. The van der Waals surface area contributed by atoms with Crippen molar-refractivity contribution in [2.75, 3.05) is 12.3 Å². The number of aromatic nitrogens is 1. The van der Waals surface area contributed by atoms with E-state index in [0.29, 0.717) is 23.2 Å². The van der Waals surface area contributed by atoms with Gasteiger partial charge in [-0.1, -0.05) is 19.3 Å². The van der Waals surface area contributed by atoms with Crippen molar-refractivity contribution >= 4 is 11.6 Å². The first-order chi connectivity index (χ1) is 10.7. The number of carbonyl (C=O) groups is 1. The van der Waals surface area contributed by atoms with Gasteiger partial charge in [-0.25, -0.2) is 4.98 Å². The van der Waals surface area contributed by atoms with Gasteiger partial charge in [0.25, 0.3) is 5.91 Å². The Kier molecular flexibility index (Phi) is 4.42. The van der Waals surface area contributed by atoms with Gasteiger partial charge in [0.15, 0.2) is 5.69 Å². The molecule has 1 fully saturated rings. The molecule has 0 aliphatic heterocycles. The van der Waals surface area contributed by atoms with Crippen LogP contribution in [0.3, 0.4) is 0 Å². The molecule has 22 heavy (non-hydrogen) atoms. The van der Waals surface area contributed by atoms with Gasteiger partial charge in [0, 0.05) is 17.8 Å². The lowest BCUT2D eigenvalue weighted by Crippen LogP contribution is -2.30. The summed E-state index contributed by atoms with van der Waals surface area (Å²) in [5, 5.41) is 2.96. The Balaban J connectivity index is 1.60. The van der Waals surface area contributed by atoms with Crippen molar-refractivity contribution in [2.45, 2.75) is 32.1 Å². The molecule has 116 valence electrons. The summed E-state index contributed by atoms with van der Waals surface area (Å²) in [4.78, 5) is 16.4. The Morgan fingerprint density at radius 3 is 2.68 bits per heavy atom. The highest BCUT2D eigenvalue weighted by Gasteiger charge is 2.17. The topological polar surface area (TPSA) is 81.1 Å². The van der Waals surface area contributed by atoms with Crippen LogP contribution in [-0.2, 0) is 0 Å². The molecule has 1 aliphatic carbocycles. The van der Waals surface area contributed by atoms with E-state index in [4.69, 9.17) is 10.2 Å². The van der Waals surface area contributed by atoms with Gasteiger partial charge in [-0.2, -0.15) is 0 Å². The molecule has 0 saturated heterocycles. The highest BCUT2D eigenvalue weighted by Crippen LogP contribution is 2.23. The number of anilines is 1. The van der Waals surface area contributed by atoms with Gasteiger partial charge in [-0.3, -0.25) is 4.79 Å². The third-order valence-corrected chi connectivity index (χ3v) is 4.17. The minimum Gasteiger partial charge on any atom is -0.444 e. The van der Waals surface area contributed by atoms with Crippen molar-refractivity contribution in [3.63, 3.8) is 0 Å². The SMILES string of the molecule is Nc1ccc(-c2nc(C(=O)NCC3CCCCC3)co2)cc1. The number of hydrogen-bond acceptors (Lipinski definition) is 4. The molecule has 3 N–H and O–H groups in total. The van der Waals surface area contributed by atoms with Gasteiger partial charge in [-0.15, -0.1) is 0 Å². The maximum absolute atomic E-state index is 12.1. The number of nitrogens with one attached hydrogen (secondary N) is 1. The van der Waals surface area contributed by atoms with Gasteiger partial charge >= 0.3 is 0 Å². The van der Waals surface area contributed by atoms with Gasteiger partial charge in [0.05, 0.1) is 0 Å². The molecule has 1 heterocycles. The van der Waals surface area contributed by atoms with Crippen LogP contribution in [0, 0.1) is 5.92 Å². The Labute approximate surface area is 129 Å². The number of oxazole rings is 1. The van der Waals surface area contributed by atoms with Crippen molar-refractivity contribution < 1.29 is 9.21 Å². The van der Waals surface area contributed by atoms with Crippen LogP contribution in [0.25, 0.3) is 11.5 Å². The molecule has 0 radical (unpaired) electrons. The molecule has 3 rings (SSSR count). The summed E-state index contributed by atoms with van der Waals surface area (Å²) in [6.07, 6.45) is 7.67. The zero-order valence-electron chi connectivity index (χ0n) is 12.5. The molecule has 1 amide bonds. The van der Waals surface area contributed by atoms with E-state index in [-0.39, 0.29) is 5.91 Å². The number of nitrogen functional groups attached to an aromatic ring is 1. The maximum Gasteiger partial charge on any atom is 0.273 e. The fourth-order valence-electron chi connectivity index (χ4n) is 2.86. The Bertz CT molecular complexity index is 628. The van der Waals surface area contributed by atoms with E-state index < -0.39 is 0 Å². The average Bonchev–Trinajstić information content (AvgIpc) is 3.04. The number of benzene rings is 1. The minimum atomic E-state index is -0.170. The smallest absolute Gasteiger partial charge is 0.273 e. The molecule has 0 atom stereocenters. The van der Waals surface area contributed by atoms with Gasteiger partial charge in [-0.05, 0) is 43.0 Å². The van der Waals surface area contributed by atoms with E-state index >= 15 is 0 Å². The van der Waals surface area contributed by atoms with Crippen molar-refractivity contribution in [2.24, 2.45) is 5.92 Å². The van der Waals surface area contributed by atoms with Gasteiger partial charge in [0.2, 0.25) is 5.89 Å².